The van der Waals surface area contributed by atoms with Gasteiger partial charge in [-0.15, -0.1) is 6.58 Å². The summed E-state index contributed by atoms with van der Waals surface area (Å²) in [6, 6.07) is 7.86. The molecule has 0 saturated carbocycles. The van der Waals surface area contributed by atoms with Gasteiger partial charge in [-0.2, -0.15) is 0 Å². The molecular formula is C14H18N4O. The molecule has 2 N–H and O–H groups in total. The summed E-state index contributed by atoms with van der Waals surface area (Å²) >= 11 is 0. The normalized spacial score (nSPS) is 10.3. The number of nitrogens with one attached hydrogen (secondary N) is 2. The molecule has 1 aromatic heterocycles. The molecule has 0 radical (unpaired) electrons. The maximum atomic E-state index is 11.3. The van der Waals surface area contributed by atoms with Crippen LogP contribution in [0.3, 0.4) is 0 Å². The van der Waals surface area contributed by atoms with Crippen molar-refractivity contribution < 1.29 is 4.79 Å². The molecule has 0 aliphatic carbocycles. The average molecular weight is 258 g/mol. The zero-order valence-electron chi connectivity index (χ0n) is 10.8. The van der Waals surface area contributed by atoms with Crippen LogP contribution in [-0.2, 0) is 6.54 Å². The zero-order valence-corrected chi connectivity index (χ0v) is 10.8. The number of hydrogen-bond acceptors (Lipinski definition) is 2. The highest BCUT2D eigenvalue weighted by Crippen LogP contribution is 2.11. The summed E-state index contributed by atoms with van der Waals surface area (Å²) in [5.41, 5.74) is 2.12. The van der Waals surface area contributed by atoms with Crippen LogP contribution in [0.2, 0.25) is 0 Å². The van der Waals surface area contributed by atoms with Gasteiger partial charge in [-0.3, -0.25) is 0 Å². The number of amides is 2. The number of carbonyl (C=O) groups is 1. The van der Waals surface area contributed by atoms with E-state index in [-0.39, 0.29) is 6.03 Å². The number of imidazole rings is 1. The SMILES string of the molecule is C=CCNC(=O)NCCCn1cnc2ccccc21. The Morgan fingerprint density at radius 2 is 2.21 bits per heavy atom. The summed E-state index contributed by atoms with van der Waals surface area (Å²) in [5, 5.41) is 5.46. The van der Waals surface area contributed by atoms with Gasteiger partial charge >= 0.3 is 6.03 Å². The van der Waals surface area contributed by atoms with E-state index in [1.165, 1.54) is 0 Å². The molecule has 5 nitrogen and oxygen atoms in total. The highest BCUT2D eigenvalue weighted by Gasteiger charge is 2.01. The van der Waals surface area contributed by atoms with Crippen LogP contribution in [0.4, 0.5) is 4.79 Å². The first kappa shape index (κ1) is 13.1. The topological polar surface area (TPSA) is 59.0 Å². The molecule has 0 aliphatic rings. The van der Waals surface area contributed by atoms with E-state index in [0.717, 1.165) is 24.0 Å². The Balaban J connectivity index is 1.77. The highest BCUT2D eigenvalue weighted by atomic mass is 16.2. The minimum atomic E-state index is -0.157. The number of para-hydroxylation sites is 2. The van der Waals surface area contributed by atoms with Crippen LogP contribution in [0.1, 0.15) is 6.42 Å². The number of hydrogen-bond donors (Lipinski definition) is 2. The summed E-state index contributed by atoms with van der Waals surface area (Å²) in [6.07, 6.45) is 4.35. The second kappa shape index (κ2) is 6.58. The molecule has 2 aromatic rings. The Morgan fingerprint density at radius 3 is 3.05 bits per heavy atom. The van der Waals surface area contributed by atoms with E-state index >= 15 is 0 Å². The average Bonchev–Trinajstić information content (AvgIpc) is 2.85. The molecule has 1 aromatic carbocycles. The monoisotopic (exact) mass is 258 g/mol. The molecule has 5 heteroatoms. The van der Waals surface area contributed by atoms with Gasteiger partial charge in [0.2, 0.25) is 0 Å². The smallest absolute Gasteiger partial charge is 0.315 e. The van der Waals surface area contributed by atoms with Gasteiger partial charge in [-0.1, -0.05) is 18.2 Å². The van der Waals surface area contributed by atoms with Crippen LogP contribution >= 0.6 is 0 Å². The number of rotatable bonds is 6. The first-order valence-corrected chi connectivity index (χ1v) is 6.33. The molecule has 0 atom stereocenters. The summed E-state index contributed by atoms with van der Waals surface area (Å²) in [4.78, 5) is 15.6. The molecule has 2 amide bonds. The molecule has 2 rings (SSSR count). The zero-order chi connectivity index (χ0) is 13.5. The van der Waals surface area contributed by atoms with Crippen molar-refractivity contribution in [2.45, 2.75) is 13.0 Å². The van der Waals surface area contributed by atoms with Gasteiger partial charge in [0.25, 0.3) is 0 Å². The molecule has 0 saturated heterocycles. The lowest BCUT2D eigenvalue weighted by Crippen LogP contribution is -2.36. The largest absolute Gasteiger partial charge is 0.338 e. The van der Waals surface area contributed by atoms with Crippen molar-refractivity contribution in [2.24, 2.45) is 0 Å². The molecule has 0 spiro atoms. The number of aryl methyl sites for hydroxylation is 1. The molecular weight excluding hydrogens is 240 g/mol. The molecule has 0 aliphatic heterocycles. The number of carbonyl (C=O) groups excluding carboxylic acids is 1. The quantitative estimate of drug-likeness (QED) is 0.614. The van der Waals surface area contributed by atoms with Gasteiger partial charge in [0.05, 0.1) is 17.4 Å². The molecule has 0 fully saturated rings. The fraction of sp³-hybridized carbons (Fsp3) is 0.286. The van der Waals surface area contributed by atoms with E-state index in [1.807, 2.05) is 30.6 Å². The Hall–Kier alpha value is -2.30. The predicted molar refractivity (Wildman–Crippen MR) is 75.9 cm³/mol. The van der Waals surface area contributed by atoms with Crippen LogP contribution in [0.5, 0.6) is 0 Å². The van der Waals surface area contributed by atoms with E-state index in [1.54, 1.807) is 6.08 Å². The molecule has 0 unspecified atom stereocenters. The van der Waals surface area contributed by atoms with E-state index < -0.39 is 0 Å². The lowest BCUT2D eigenvalue weighted by molar-refractivity contribution is 0.241. The molecule has 100 valence electrons. The van der Waals surface area contributed by atoms with E-state index in [2.05, 4.69) is 26.8 Å². The van der Waals surface area contributed by atoms with Crippen LogP contribution in [0, 0.1) is 0 Å². The van der Waals surface area contributed by atoms with Crippen LogP contribution in [-0.4, -0.2) is 28.7 Å². The summed E-state index contributed by atoms with van der Waals surface area (Å²) in [5.74, 6) is 0. The van der Waals surface area contributed by atoms with Gasteiger partial charge < -0.3 is 15.2 Å². The van der Waals surface area contributed by atoms with Gasteiger partial charge in [-0.25, -0.2) is 9.78 Å². The lowest BCUT2D eigenvalue weighted by Gasteiger charge is -2.07. The van der Waals surface area contributed by atoms with Gasteiger partial charge in [0.1, 0.15) is 0 Å². The maximum absolute atomic E-state index is 11.3. The number of aromatic nitrogens is 2. The lowest BCUT2D eigenvalue weighted by atomic mass is 10.3. The maximum Gasteiger partial charge on any atom is 0.315 e. The number of urea groups is 1. The fourth-order valence-corrected chi connectivity index (χ4v) is 1.87. The molecule has 1 heterocycles. The minimum Gasteiger partial charge on any atom is -0.338 e. The van der Waals surface area contributed by atoms with Crippen molar-refractivity contribution >= 4 is 17.1 Å². The Bertz CT molecular complexity index is 561. The van der Waals surface area contributed by atoms with Crippen LogP contribution in [0.15, 0.2) is 43.2 Å². The standard InChI is InChI=1S/C14H18N4O/c1-2-8-15-14(19)16-9-5-10-18-11-17-12-6-3-4-7-13(12)18/h2-4,6-7,11H,1,5,8-10H2,(H2,15,16,19). The minimum absolute atomic E-state index is 0.157. The van der Waals surface area contributed by atoms with E-state index in [4.69, 9.17) is 0 Å². The first-order chi connectivity index (χ1) is 9.31. The van der Waals surface area contributed by atoms with Gasteiger partial charge in [0, 0.05) is 19.6 Å². The van der Waals surface area contributed by atoms with Gasteiger partial charge in [0.15, 0.2) is 0 Å². The first-order valence-electron chi connectivity index (χ1n) is 6.33. The number of nitrogens with zero attached hydrogens (tertiary/aromatic N) is 2. The fourth-order valence-electron chi connectivity index (χ4n) is 1.87. The van der Waals surface area contributed by atoms with Crippen molar-refractivity contribution in [1.29, 1.82) is 0 Å². The Labute approximate surface area is 112 Å². The van der Waals surface area contributed by atoms with Crippen molar-refractivity contribution in [3.63, 3.8) is 0 Å². The van der Waals surface area contributed by atoms with Crippen molar-refractivity contribution in [1.82, 2.24) is 20.2 Å². The second-order valence-corrected chi connectivity index (χ2v) is 4.21. The van der Waals surface area contributed by atoms with Crippen LogP contribution < -0.4 is 10.6 Å². The summed E-state index contributed by atoms with van der Waals surface area (Å²) in [6.45, 7) is 5.49. The van der Waals surface area contributed by atoms with Gasteiger partial charge in [-0.05, 0) is 18.6 Å². The van der Waals surface area contributed by atoms with Crippen molar-refractivity contribution in [2.75, 3.05) is 13.1 Å². The highest BCUT2D eigenvalue weighted by molar-refractivity contribution is 5.75. The third-order valence-corrected chi connectivity index (χ3v) is 2.80. The van der Waals surface area contributed by atoms with Crippen molar-refractivity contribution in [3.05, 3.63) is 43.2 Å². The Kier molecular flexibility index (Phi) is 4.55. The van der Waals surface area contributed by atoms with Crippen LogP contribution in [0.25, 0.3) is 11.0 Å². The number of benzene rings is 1. The summed E-state index contributed by atoms with van der Waals surface area (Å²) < 4.78 is 2.10. The van der Waals surface area contributed by atoms with Crippen molar-refractivity contribution in [3.8, 4) is 0 Å². The Morgan fingerprint density at radius 1 is 1.37 bits per heavy atom. The third-order valence-electron chi connectivity index (χ3n) is 2.80. The van der Waals surface area contributed by atoms with E-state index in [9.17, 15) is 4.79 Å². The van der Waals surface area contributed by atoms with E-state index in [0.29, 0.717) is 13.1 Å². The predicted octanol–water partition coefficient (Wildman–Crippen LogP) is 1.91. The molecule has 19 heavy (non-hydrogen) atoms. The number of fused-ring (bicyclic) bond motifs is 1. The second-order valence-electron chi connectivity index (χ2n) is 4.21. The molecule has 0 bridgehead atoms. The summed E-state index contributed by atoms with van der Waals surface area (Å²) in [7, 11) is 0. The third kappa shape index (κ3) is 3.58.